The quantitative estimate of drug-likeness (QED) is 0.894. The minimum atomic E-state index is -0.923. The fourth-order valence-corrected chi connectivity index (χ4v) is 2.64. The number of nitrogens with two attached hydrogens (primary N) is 1. The van der Waals surface area contributed by atoms with Crippen LogP contribution in [0.4, 0.5) is 13.6 Å². The van der Waals surface area contributed by atoms with Gasteiger partial charge in [-0.25, -0.2) is 13.6 Å². The average Bonchev–Trinajstić information content (AvgIpc) is 2.43. The molecule has 0 spiro atoms. The standard InChI is InChI=1S/C14H18F2N2O2/c15-11-1-2-12(16)10(7-11)8-13(17)9-3-5-18(6-4-9)14(19)20/h1-2,7,9,13H,3-6,8,17H2,(H,19,20). The Bertz CT molecular complexity index is 488. The van der Waals surface area contributed by atoms with Crippen LogP contribution in [0.25, 0.3) is 0 Å². The summed E-state index contributed by atoms with van der Waals surface area (Å²) < 4.78 is 26.7. The van der Waals surface area contributed by atoms with Gasteiger partial charge in [-0.1, -0.05) is 0 Å². The lowest BCUT2D eigenvalue weighted by Crippen LogP contribution is -2.43. The molecule has 1 fully saturated rings. The van der Waals surface area contributed by atoms with Crippen molar-refractivity contribution in [3.63, 3.8) is 0 Å². The van der Waals surface area contributed by atoms with E-state index in [0.29, 0.717) is 25.9 Å². The minimum Gasteiger partial charge on any atom is -0.465 e. The van der Waals surface area contributed by atoms with E-state index in [-0.39, 0.29) is 23.9 Å². The van der Waals surface area contributed by atoms with Gasteiger partial charge in [0.1, 0.15) is 11.6 Å². The third-order valence-corrected chi connectivity index (χ3v) is 3.88. The second-order valence-corrected chi connectivity index (χ2v) is 5.21. The van der Waals surface area contributed by atoms with Gasteiger partial charge in [0, 0.05) is 19.1 Å². The second kappa shape index (κ2) is 6.17. The molecule has 110 valence electrons. The number of halogens is 2. The molecular formula is C14H18F2N2O2. The molecule has 2 rings (SSSR count). The number of carboxylic acid groups (broad SMARTS) is 1. The number of nitrogens with zero attached hydrogens (tertiary/aromatic N) is 1. The number of hydrogen-bond donors (Lipinski definition) is 2. The minimum absolute atomic E-state index is 0.133. The van der Waals surface area contributed by atoms with E-state index in [2.05, 4.69) is 0 Å². The van der Waals surface area contributed by atoms with Crippen molar-refractivity contribution in [2.45, 2.75) is 25.3 Å². The van der Waals surface area contributed by atoms with Crippen LogP contribution in [0.3, 0.4) is 0 Å². The monoisotopic (exact) mass is 284 g/mol. The molecule has 1 heterocycles. The fraction of sp³-hybridized carbons (Fsp3) is 0.500. The van der Waals surface area contributed by atoms with Gasteiger partial charge >= 0.3 is 6.09 Å². The van der Waals surface area contributed by atoms with E-state index >= 15 is 0 Å². The SMILES string of the molecule is NC(Cc1cc(F)ccc1F)C1CCN(C(=O)O)CC1. The normalized spacial score (nSPS) is 18.1. The van der Waals surface area contributed by atoms with E-state index < -0.39 is 17.7 Å². The molecule has 1 aromatic rings. The number of benzene rings is 1. The van der Waals surface area contributed by atoms with Crippen LogP contribution >= 0.6 is 0 Å². The van der Waals surface area contributed by atoms with Crippen LogP contribution in [0.15, 0.2) is 18.2 Å². The molecule has 1 unspecified atom stereocenters. The van der Waals surface area contributed by atoms with Gasteiger partial charge in [-0.15, -0.1) is 0 Å². The third-order valence-electron chi connectivity index (χ3n) is 3.88. The Morgan fingerprint density at radius 2 is 2.05 bits per heavy atom. The van der Waals surface area contributed by atoms with Crippen molar-refractivity contribution in [1.82, 2.24) is 4.90 Å². The molecule has 1 saturated heterocycles. The van der Waals surface area contributed by atoms with E-state index in [1.54, 1.807) is 0 Å². The van der Waals surface area contributed by atoms with E-state index in [1.165, 1.54) is 11.0 Å². The van der Waals surface area contributed by atoms with Gasteiger partial charge in [0.25, 0.3) is 0 Å². The zero-order valence-electron chi connectivity index (χ0n) is 11.1. The van der Waals surface area contributed by atoms with E-state index in [4.69, 9.17) is 10.8 Å². The van der Waals surface area contributed by atoms with Gasteiger partial charge in [0.05, 0.1) is 0 Å². The van der Waals surface area contributed by atoms with Crippen LogP contribution in [0.5, 0.6) is 0 Å². The van der Waals surface area contributed by atoms with E-state index in [9.17, 15) is 13.6 Å². The number of amides is 1. The van der Waals surface area contributed by atoms with E-state index in [1.807, 2.05) is 0 Å². The molecule has 20 heavy (non-hydrogen) atoms. The van der Waals surface area contributed by atoms with Crippen molar-refractivity contribution in [3.05, 3.63) is 35.4 Å². The predicted molar refractivity (Wildman–Crippen MR) is 70.4 cm³/mol. The molecule has 1 aliphatic rings. The predicted octanol–water partition coefficient (Wildman–Crippen LogP) is 2.22. The van der Waals surface area contributed by atoms with Crippen LogP contribution in [-0.2, 0) is 6.42 Å². The van der Waals surface area contributed by atoms with Crippen LogP contribution in [0.1, 0.15) is 18.4 Å². The van der Waals surface area contributed by atoms with Crippen molar-refractivity contribution >= 4 is 6.09 Å². The molecule has 4 nitrogen and oxygen atoms in total. The zero-order chi connectivity index (χ0) is 14.7. The van der Waals surface area contributed by atoms with Crippen molar-refractivity contribution in [1.29, 1.82) is 0 Å². The van der Waals surface area contributed by atoms with Gasteiger partial charge in [-0.05, 0) is 48.9 Å². The first-order valence-electron chi connectivity index (χ1n) is 6.64. The summed E-state index contributed by atoms with van der Waals surface area (Å²) in [6.45, 7) is 0.888. The highest BCUT2D eigenvalue weighted by Gasteiger charge is 2.27. The molecule has 0 saturated carbocycles. The number of piperidine rings is 1. The fourth-order valence-electron chi connectivity index (χ4n) is 2.64. The summed E-state index contributed by atoms with van der Waals surface area (Å²) in [4.78, 5) is 12.2. The van der Waals surface area contributed by atoms with Crippen molar-refractivity contribution in [3.8, 4) is 0 Å². The average molecular weight is 284 g/mol. The molecule has 6 heteroatoms. The summed E-state index contributed by atoms with van der Waals surface area (Å²) in [7, 11) is 0. The molecule has 0 aliphatic carbocycles. The maximum Gasteiger partial charge on any atom is 0.407 e. The third kappa shape index (κ3) is 3.45. The summed E-state index contributed by atoms with van der Waals surface area (Å²) in [6, 6.07) is 3.06. The summed E-state index contributed by atoms with van der Waals surface area (Å²) >= 11 is 0. The Balaban J connectivity index is 1.94. The highest BCUT2D eigenvalue weighted by molar-refractivity contribution is 5.64. The Labute approximate surface area is 116 Å². The van der Waals surface area contributed by atoms with Crippen LogP contribution in [0.2, 0.25) is 0 Å². The zero-order valence-corrected chi connectivity index (χ0v) is 11.1. The second-order valence-electron chi connectivity index (χ2n) is 5.21. The lowest BCUT2D eigenvalue weighted by atomic mass is 9.86. The van der Waals surface area contributed by atoms with Gasteiger partial charge in [-0.3, -0.25) is 0 Å². The van der Waals surface area contributed by atoms with Crippen LogP contribution in [-0.4, -0.2) is 35.2 Å². The first-order chi connectivity index (χ1) is 9.47. The van der Waals surface area contributed by atoms with Crippen LogP contribution in [0, 0.1) is 17.6 Å². The number of likely N-dealkylation sites (tertiary alicyclic amines) is 1. The molecule has 0 bridgehead atoms. The van der Waals surface area contributed by atoms with Gasteiger partial charge in [0.2, 0.25) is 0 Å². The molecule has 1 aromatic carbocycles. The lowest BCUT2D eigenvalue weighted by Gasteiger charge is -2.33. The maximum atomic E-state index is 13.6. The molecule has 0 aromatic heterocycles. The summed E-state index contributed by atoms with van der Waals surface area (Å²) in [5.74, 6) is -0.799. The number of hydrogen-bond acceptors (Lipinski definition) is 2. The Morgan fingerprint density at radius 3 is 2.65 bits per heavy atom. The lowest BCUT2D eigenvalue weighted by molar-refractivity contribution is 0.120. The summed E-state index contributed by atoms with van der Waals surface area (Å²) in [5.41, 5.74) is 6.34. The highest BCUT2D eigenvalue weighted by atomic mass is 19.1. The first kappa shape index (κ1) is 14.7. The molecular weight excluding hydrogens is 266 g/mol. The first-order valence-corrected chi connectivity index (χ1v) is 6.64. The summed E-state index contributed by atoms with van der Waals surface area (Å²) in [5, 5.41) is 8.87. The Kier molecular flexibility index (Phi) is 4.54. The Morgan fingerprint density at radius 1 is 1.40 bits per heavy atom. The smallest absolute Gasteiger partial charge is 0.407 e. The molecule has 1 amide bonds. The van der Waals surface area contributed by atoms with Crippen molar-refractivity contribution < 1.29 is 18.7 Å². The summed E-state index contributed by atoms with van der Waals surface area (Å²) in [6.07, 6.45) is 0.657. The van der Waals surface area contributed by atoms with E-state index in [0.717, 1.165) is 12.1 Å². The largest absolute Gasteiger partial charge is 0.465 e. The van der Waals surface area contributed by atoms with Gasteiger partial charge < -0.3 is 15.7 Å². The maximum absolute atomic E-state index is 13.6. The topological polar surface area (TPSA) is 66.6 Å². The molecule has 0 radical (unpaired) electrons. The Hall–Kier alpha value is -1.69. The van der Waals surface area contributed by atoms with Crippen LogP contribution < -0.4 is 5.73 Å². The highest BCUT2D eigenvalue weighted by Crippen LogP contribution is 2.23. The molecule has 1 atom stereocenters. The van der Waals surface area contributed by atoms with Crippen molar-refractivity contribution in [2.75, 3.05) is 13.1 Å². The molecule has 3 N–H and O–H groups in total. The van der Waals surface area contributed by atoms with Crippen molar-refractivity contribution in [2.24, 2.45) is 11.7 Å². The number of rotatable bonds is 3. The number of carbonyl (C=O) groups is 1. The molecule has 1 aliphatic heterocycles. The van der Waals surface area contributed by atoms with Gasteiger partial charge in [-0.2, -0.15) is 0 Å². The van der Waals surface area contributed by atoms with Gasteiger partial charge in [0.15, 0.2) is 0 Å².